The third kappa shape index (κ3) is 8.33. The van der Waals surface area contributed by atoms with Gasteiger partial charge >= 0.3 is 11.9 Å². The summed E-state index contributed by atoms with van der Waals surface area (Å²) in [5.41, 5.74) is 3.12. The number of phenols is 1. The molecule has 0 spiro atoms. The highest BCUT2D eigenvalue weighted by Gasteiger charge is 2.44. The van der Waals surface area contributed by atoms with Gasteiger partial charge in [0.25, 0.3) is 0 Å². The van der Waals surface area contributed by atoms with Gasteiger partial charge in [-0.15, -0.1) is 0 Å². The fourth-order valence-electron chi connectivity index (χ4n) is 6.90. The molecule has 43 heavy (non-hydrogen) atoms. The molecule has 0 bridgehead atoms. The Balaban J connectivity index is 1.83. The molecule has 3 rings (SSSR count). The van der Waals surface area contributed by atoms with Gasteiger partial charge in [0.1, 0.15) is 17.1 Å². The molecular weight excluding hydrogens is 540 g/mol. The van der Waals surface area contributed by atoms with Gasteiger partial charge in [0, 0.05) is 11.5 Å². The van der Waals surface area contributed by atoms with Gasteiger partial charge in [0.2, 0.25) is 0 Å². The molecule has 0 fully saturated rings. The molecule has 0 saturated heterocycles. The topological polar surface area (TPSA) is 104 Å². The number of ether oxygens (including phenoxy) is 1. The van der Waals surface area contributed by atoms with E-state index in [0.29, 0.717) is 24.3 Å². The Morgan fingerprint density at radius 2 is 1.44 bits per heavy atom. The van der Waals surface area contributed by atoms with Crippen molar-refractivity contribution in [3.63, 3.8) is 0 Å². The number of hydrogen-bond donors (Lipinski definition) is 3. The Kier molecular flexibility index (Phi) is 11.7. The summed E-state index contributed by atoms with van der Waals surface area (Å²) < 4.78 is 6.87. The Hall–Kier alpha value is -3.02. The zero-order chi connectivity index (χ0) is 32.1. The van der Waals surface area contributed by atoms with Crippen LogP contribution in [0.5, 0.6) is 11.5 Å². The van der Waals surface area contributed by atoms with Gasteiger partial charge in [-0.2, -0.15) is 0 Å². The van der Waals surface area contributed by atoms with E-state index >= 15 is 0 Å². The van der Waals surface area contributed by atoms with Crippen molar-refractivity contribution >= 4 is 11.9 Å². The average molecular weight is 595 g/mol. The Labute approximate surface area is 258 Å². The van der Waals surface area contributed by atoms with Crippen LogP contribution in [0.1, 0.15) is 147 Å². The molecule has 0 amide bonds. The van der Waals surface area contributed by atoms with E-state index in [2.05, 4.69) is 27.7 Å². The Bertz CT molecular complexity index is 1290. The lowest BCUT2D eigenvalue weighted by atomic mass is 9.71. The number of rotatable bonds is 15. The van der Waals surface area contributed by atoms with E-state index in [4.69, 9.17) is 4.74 Å². The first kappa shape index (κ1) is 34.5. The molecule has 2 aromatic carbocycles. The lowest BCUT2D eigenvalue weighted by Crippen LogP contribution is -2.44. The second kappa shape index (κ2) is 14.6. The highest BCUT2D eigenvalue weighted by atomic mass is 16.5. The summed E-state index contributed by atoms with van der Waals surface area (Å²) in [6.07, 6.45) is 10.8. The van der Waals surface area contributed by atoms with Crippen molar-refractivity contribution in [2.24, 2.45) is 17.8 Å². The number of benzene rings is 2. The van der Waals surface area contributed by atoms with E-state index in [1.54, 1.807) is 0 Å². The minimum Gasteiger partial charge on any atom is -0.507 e. The first-order chi connectivity index (χ1) is 20.2. The number of aromatic hydroxyl groups is 1. The molecule has 0 saturated carbocycles. The zero-order valence-electron chi connectivity index (χ0n) is 27.7. The Morgan fingerprint density at radius 1 is 0.860 bits per heavy atom. The predicted molar refractivity (Wildman–Crippen MR) is 173 cm³/mol. The maximum Gasteiger partial charge on any atom is 0.335 e. The fraction of sp³-hybridized carbons (Fsp3) is 0.622. The molecule has 238 valence electrons. The highest BCUT2D eigenvalue weighted by Crippen LogP contribution is 2.50. The normalized spacial score (nSPS) is 19.5. The second-order valence-electron chi connectivity index (χ2n) is 14.0. The van der Waals surface area contributed by atoms with Crippen LogP contribution in [0, 0.1) is 38.5 Å². The van der Waals surface area contributed by atoms with Crippen LogP contribution < -0.4 is 4.74 Å². The molecule has 0 radical (unpaired) electrons. The van der Waals surface area contributed by atoms with Crippen LogP contribution in [0.15, 0.2) is 18.2 Å². The lowest BCUT2D eigenvalue weighted by Gasteiger charge is -2.45. The fourth-order valence-corrected chi connectivity index (χ4v) is 6.90. The van der Waals surface area contributed by atoms with Gasteiger partial charge < -0.3 is 20.1 Å². The standard InChI is InChI=1S/C37H54O6/c1-22(2)12-9-13-23(3)14-10-15-24(4)16-11-19-37(8)32(31-20-28(35(39)40)17-18-29(31)36(41)42)21-30-27(7)33(38)25(5)26(6)34(30)43-37/h17-18,20,22-24,32,38H,9-16,19,21H2,1-8H3,(H,39,40)(H,41,42)/t23-,24+,32?,37-/m0/s1. The van der Waals surface area contributed by atoms with Gasteiger partial charge in [-0.1, -0.05) is 72.6 Å². The average Bonchev–Trinajstić information content (AvgIpc) is 2.94. The van der Waals surface area contributed by atoms with Gasteiger partial charge in [-0.05, 0) is 105 Å². The first-order valence-electron chi connectivity index (χ1n) is 16.3. The quantitative estimate of drug-likeness (QED) is 0.190. The molecule has 1 aliphatic rings. The SMILES string of the molecule is Cc1c(C)c2c(c(C)c1O)CC(c1cc(C(=O)O)ccc1C(=O)O)[C@](C)(CCC[C@H](C)CCC[C@@H](C)CCCC(C)C)O2. The van der Waals surface area contributed by atoms with Gasteiger partial charge in [0.15, 0.2) is 0 Å². The largest absolute Gasteiger partial charge is 0.507 e. The van der Waals surface area contributed by atoms with Crippen molar-refractivity contribution in [3.8, 4) is 11.5 Å². The van der Waals surface area contributed by atoms with Crippen LogP contribution in [0.3, 0.4) is 0 Å². The molecular formula is C37H54O6. The summed E-state index contributed by atoms with van der Waals surface area (Å²) in [4.78, 5) is 24.2. The monoisotopic (exact) mass is 594 g/mol. The summed E-state index contributed by atoms with van der Waals surface area (Å²) in [6.45, 7) is 17.0. The minimum absolute atomic E-state index is 0.0554. The zero-order valence-corrected chi connectivity index (χ0v) is 27.7. The maximum atomic E-state index is 12.3. The predicted octanol–water partition coefficient (Wildman–Crippen LogP) is 9.63. The summed E-state index contributed by atoms with van der Waals surface area (Å²) in [6, 6.07) is 4.25. The molecule has 3 N–H and O–H groups in total. The van der Waals surface area contributed by atoms with E-state index in [1.807, 2.05) is 27.7 Å². The van der Waals surface area contributed by atoms with Crippen LogP contribution in [-0.4, -0.2) is 32.9 Å². The summed E-state index contributed by atoms with van der Waals surface area (Å²) in [5, 5.41) is 30.7. The lowest BCUT2D eigenvalue weighted by molar-refractivity contribution is 0.0290. The minimum atomic E-state index is -1.10. The number of carbonyl (C=O) groups is 2. The number of fused-ring (bicyclic) bond motifs is 1. The first-order valence-corrected chi connectivity index (χ1v) is 16.3. The molecule has 4 atom stereocenters. The third-order valence-corrected chi connectivity index (χ3v) is 9.97. The molecule has 0 aliphatic carbocycles. The maximum absolute atomic E-state index is 12.3. The van der Waals surface area contributed by atoms with Gasteiger partial charge in [0.05, 0.1) is 11.1 Å². The molecule has 2 aromatic rings. The third-order valence-electron chi connectivity index (χ3n) is 9.97. The number of phenolic OH excluding ortho intramolecular Hbond substituents is 1. The summed E-state index contributed by atoms with van der Waals surface area (Å²) >= 11 is 0. The summed E-state index contributed by atoms with van der Waals surface area (Å²) in [7, 11) is 0. The van der Waals surface area contributed by atoms with Crippen molar-refractivity contribution in [3.05, 3.63) is 57.1 Å². The van der Waals surface area contributed by atoms with E-state index in [1.165, 1.54) is 56.7 Å². The molecule has 0 aromatic heterocycles. The summed E-state index contributed by atoms with van der Waals surface area (Å²) in [5.74, 6) is 0.520. The van der Waals surface area contributed by atoms with Gasteiger partial charge in [-0.3, -0.25) is 0 Å². The van der Waals surface area contributed by atoms with E-state index < -0.39 is 23.5 Å². The molecule has 6 heteroatoms. The molecule has 1 unspecified atom stereocenters. The van der Waals surface area contributed by atoms with E-state index in [-0.39, 0.29) is 16.9 Å². The van der Waals surface area contributed by atoms with Crippen LogP contribution in [0.2, 0.25) is 0 Å². The van der Waals surface area contributed by atoms with Crippen LogP contribution >= 0.6 is 0 Å². The van der Waals surface area contributed by atoms with Crippen molar-refractivity contribution < 1.29 is 29.6 Å². The molecule has 1 aliphatic heterocycles. The van der Waals surface area contributed by atoms with Crippen LogP contribution in [0.4, 0.5) is 0 Å². The van der Waals surface area contributed by atoms with Gasteiger partial charge in [-0.25, -0.2) is 9.59 Å². The van der Waals surface area contributed by atoms with Crippen LogP contribution in [-0.2, 0) is 6.42 Å². The number of carboxylic acids is 2. The number of carboxylic acid groups (broad SMARTS) is 2. The molecule has 1 heterocycles. The van der Waals surface area contributed by atoms with Crippen molar-refractivity contribution in [2.75, 3.05) is 0 Å². The number of hydrogen-bond acceptors (Lipinski definition) is 4. The Morgan fingerprint density at radius 3 is 2.00 bits per heavy atom. The number of aromatic carboxylic acids is 2. The van der Waals surface area contributed by atoms with E-state index in [9.17, 15) is 24.9 Å². The van der Waals surface area contributed by atoms with Crippen molar-refractivity contribution in [2.45, 2.75) is 131 Å². The van der Waals surface area contributed by atoms with Crippen LogP contribution in [0.25, 0.3) is 0 Å². The van der Waals surface area contributed by atoms with E-state index in [0.717, 1.165) is 52.7 Å². The van der Waals surface area contributed by atoms with Crippen molar-refractivity contribution in [1.29, 1.82) is 0 Å². The smallest absolute Gasteiger partial charge is 0.335 e. The molecule has 6 nitrogen and oxygen atoms in total. The second-order valence-corrected chi connectivity index (χ2v) is 14.0. The van der Waals surface area contributed by atoms with Crippen molar-refractivity contribution in [1.82, 2.24) is 0 Å². The highest BCUT2D eigenvalue weighted by molar-refractivity contribution is 5.93.